The van der Waals surface area contributed by atoms with Crippen LogP contribution in [0.3, 0.4) is 0 Å². The van der Waals surface area contributed by atoms with Gasteiger partial charge in [-0.3, -0.25) is 4.79 Å². The van der Waals surface area contributed by atoms with Crippen LogP contribution in [0.1, 0.15) is 51.9 Å². The summed E-state index contributed by atoms with van der Waals surface area (Å²) in [5, 5.41) is 3.00. The number of pyridine rings is 1. The monoisotopic (exact) mass is 438 g/mol. The van der Waals surface area contributed by atoms with Gasteiger partial charge in [-0.05, 0) is 38.8 Å². The molecule has 0 aromatic carbocycles. The van der Waals surface area contributed by atoms with Crippen LogP contribution < -0.4 is 10.1 Å². The van der Waals surface area contributed by atoms with Gasteiger partial charge in [-0.25, -0.2) is 18.2 Å². The van der Waals surface area contributed by atoms with Crippen LogP contribution >= 0.6 is 11.3 Å². The second-order valence-electron chi connectivity index (χ2n) is 6.78. The van der Waals surface area contributed by atoms with Crippen LogP contribution in [0.5, 0.6) is 5.88 Å². The van der Waals surface area contributed by atoms with E-state index in [-0.39, 0.29) is 46.8 Å². The molecule has 0 atom stereocenters. The largest absolute Gasteiger partial charge is 0.475 e. The average Bonchev–Trinajstić information content (AvgIpc) is 2.97. The first-order valence-electron chi connectivity index (χ1n) is 9.16. The Morgan fingerprint density at radius 3 is 2.69 bits per heavy atom. The molecule has 0 bridgehead atoms. The maximum Gasteiger partial charge on any atom is 0.341 e. The van der Waals surface area contributed by atoms with Gasteiger partial charge in [0.1, 0.15) is 5.00 Å². The van der Waals surface area contributed by atoms with Crippen LogP contribution in [-0.2, 0) is 26.7 Å². The van der Waals surface area contributed by atoms with Crippen molar-refractivity contribution in [3.8, 4) is 5.88 Å². The standard InChI is InChI=1S/C19H22N2O6S2/c1-4-26-19(23)16-13-7-8-29(24,25)10-14(13)28-18(16)21-17(22)12-5-6-15(20-9-12)27-11(2)3/h5-6,9,11H,4,7-8,10H2,1-3H3,(H,21,22). The van der Waals surface area contributed by atoms with Crippen LogP contribution in [0.2, 0.25) is 0 Å². The smallest absolute Gasteiger partial charge is 0.341 e. The van der Waals surface area contributed by atoms with Crippen molar-refractivity contribution < 1.29 is 27.5 Å². The summed E-state index contributed by atoms with van der Waals surface area (Å²) in [4.78, 5) is 29.8. The Morgan fingerprint density at radius 2 is 2.07 bits per heavy atom. The lowest BCUT2D eigenvalue weighted by atomic mass is 10.1. The van der Waals surface area contributed by atoms with Crippen molar-refractivity contribution in [2.24, 2.45) is 0 Å². The first kappa shape index (κ1) is 21.3. The van der Waals surface area contributed by atoms with E-state index in [1.165, 1.54) is 6.20 Å². The minimum Gasteiger partial charge on any atom is -0.475 e. The normalized spacial score (nSPS) is 14.9. The number of thiophene rings is 1. The van der Waals surface area contributed by atoms with Crippen LogP contribution in [0, 0.1) is 0 Å². The van der Waals surface area contributed by atoms with Gasteiger partial charge < -0.3 is 14.8 Å². The molecular weight excluding hydrogens is 416 g/mol. The van der Waals surface area contributed by atoms with Crippen molar-refractivity contribution in [3.63, 3.8) is 0 Å². The number of fused-ring (bicyclic) bond motifs is 1. The summed E-state index contributed by atoms with van der Waals surface area (Å²) in [7, 11) is -3.21. The number of carbonyl (C=O) groups excluding carboxylic acids is 2. The van der Waals surface area contributed by atoms with Gasteiger partial charge in [0.2, 0.25) is 5.88 Å². The fourth-order valence-electron chi connectivity index (χ4n) is 2.93. The number of rotatable bonds is 6. The van der Waals surface area contributed by atoms with Crippen LogP contribution in [0.25, 0.3) is 0 Å². The minimum absolute atomic E-state index is 0.0300. The third kappa shape index (κ3) is 4.94. The number of aromatic nitrogens is 1. The van der Waals surface area contributed by atoms with Gasteiger partial charge in [-0.15, -0.1) is 11.3 Å². The van der Waals surface area contributed by atoms with E-state index in [1.807, 2.05) is 13.8 Å². The maximum absolute atomic E-state index is 12.7. The number of nitrogens with zero attached hydrogens (tertiary/aromatic N) is 1. The molecule has 0 saturated carbocycles. The van der Waals surface area contributed by atoms with Gasteiger partial charge in [0.25, 0.3) is 5.91 Å². The Morgan fingerprint density at radius 1 is 1.31 bits per heavy atom. The molecule has 3 heterocycles. The van der Waals surface area contributed by atoms with Crippen LogP contribution in [0.4, 0.5) is 5.00 Å². The molecule has 1 amide bonds. The molecule has 156 valence electrons. The number of hydrogen-bond acceptors (Lipinski definition) is 8. The maximum atomic E-state index is 12.7. The van der Waals surface area contributed by atoms with Crippen LogP contribution in [-0.4, -0.2) is 43.7 Å². The number of esters is 1. The number of anilines is 1. The van der Waals surface area contributed by atoms with Crippen LogP contribution in [0.15, 0.2) is 18.3 Å². The van der Waals surface area contributed by atoms with E-state index >= 15 is 0 Å². The summed E-state index contributed by atoms with van der Waals surface area (Å²) in [6.07, 6.45) is 1.57. The van der Waals surface area contributed by atoms with Gasteiger partial charge in [0, 0.05) is 17.1 Å². The zero-order chi connectivity index (χ0) is 21.2. The van der Waals surface area contributed by atoms with E-state index in [2.05, 4.69) is 10.3 Å². The van der Waals surface area contributed by atoms with Gasteiger partial charge in [0.05, 0.1) is 35.3 Å². The fourth-order valence-corrected chi connectivity index (χ4v) is 5.96. The quantitative estimate of drug-likeness (QED) is 0.690. The zero-order valence-electron chi connectivity index (χ0n) is 16.4. The number of carbonyl (C=O) groups is 2. The molecule has 3 rings (SSSR count). The molecule has 1 aliphatic rings. The fraction of sp³-hybridized carbons (Fsp3) is 0.421. The molecule has 0 unspecified atom stereocenters. The lowest BCUT2D eigenvalue weighted by molar-refractivity contribution is 0.0527. The average molecular weight is 439 g/mol. The predicted octanol–water partition coefficient (Wildman–Crippen LogP) is 2.83. The minimum atomic E-state index is -3.21. The predicted molar refractivity (Wildman–Crippen MR) is 109 cm³/mol. The molecule has 0 radical (unpaired) electrons. The third-order valence-electron chi connectivity index (χ3n) is 4.17. The molecule has 8 nitrogen and oxygen atoms in total. The number of amides is 1. The molecule has 29 heavy (non-hydrogen) atoms. The third-order valence-corrected chi connectivity index (χ3v) is 7.05. The van der Waals surface area contributed by atoms with Gasteiger partial charge in [-0.1, -0.05) is 0 Å². The number of sulfone groups is 1. The summed E-state index contributed by atoms with van der Waals surface area (Å²) < 4.78 is 34.5. The molecule has 1 N–H and O–H groups in total. The SMILES string of the molecule is CCOC(=O)c1c(NC(=O)c2ccc(OC(C)C)nc2)sc2c1CCS(=O)(=O)C2. The van der Waals surface area contributed by atoms with E-state index < -0.39 is 21.7 Å². The lowest BCUT2D eigenvalue weighted by Gasteiger charge is -2.13. The van der Waals surface area contributed by atoms with Crippen molar-refractivity contribution in [1.82, 2.24) is 4.98 Å². The van der Waals surface area contributed by atoms with E-state index in [9.17, 15) is 18.0 Å². The van der Waals surface area contributed by atoms with Crippen molar-refractivity contribution in [2.45, 2.75) is 39.0 Å². The molecule has 0 spiro atoms. The number of nitrogens with one attached hydrogen (secondary N) is 1. The highest BCUT2D eigenvalue weighted by Crippen LogP contribution is 2.38. The summed E-state index contributed by atoms with van der Waals surface area (Å²) >= 11 is 1.10. The summed E-state index contributed by atoms with van der Waals surface area (Å²) in [5.74, 6) is -0.796. The van der Waals surface area contributed by atoms with Gasteiger partial charge in [0.15, 0.2) is 9.84 Å². The molecule has 0 aliphatic carbocycles. The molecule has 2 aromatic rings. The molecule has 2 aromatic heterocycles. The van der Waals surface area contributed by atoms with Crippen molar-refractivity contribution in [3.05, 3.63) is 39.9 Å². The number of ether oxygens (including phenoxy) is 2. The second-order valence-corrected chi connectivity index (χ2v) is 10.1. The lowest BCUT2D eigenvalue weighted by Crippen LogP contribution is -2.20. The molecule has 10 heteroatoms. The molecule has 1 aliphatic heterocycles. The molecular formula is C19H22N2O6S2. The van der Waals surface area contributed by atoms with Gasteiger partial charge >= 0.3 is 5.97 Å². The highest BCUT2D eigenvalue weighted by molar-refractivity contribution is 7.90. The Hall–Kier alpha value is -2.46. The number of hydrogen-bond donors (Lipinski definition) is 1. The van der Waals surface area contributed by atoms with E-state index in [4.69, 9.17) is 9.47 Å². The Balaban J connectivity index is 1.88. The first-order chi connectivity index (χ1) is 13.7. The highest BCUT2D eigenvalue weighted by Gasteiger charge is 2.32. The second kappa shape index (κ2) is 8.50. The van der Waals surface area contributed by atoms with Gasteiger partial charge in [-0.2, -0.15) is 0 Å². The molecule has 0 fully saturated rings. The first-order valence-corrected chi connectivity index (χ1v) is 11.8. The summed E-state index contributed by atoms with van der Waals surface area (Å²) in [6, 6.07) is 3.16. The Kier molecular flexibility index (Phi) is 6.23. The van der Waals surface area contributed by atoms with E-state index in [1.54, 1.807) is 19.1 Å². The summed E-state index contributed by atoms with van der Waals surface area (Å²) in [5.41, 5.74) is 1.16. The zero-order valence-corrected chi connectivity index (χ0v) is 18.0. The van der Waals surface area contributed by atoms with E-state index in [0.29, 0.717) is 16.3 Å². The Bertz CT molecular complexity index is 1030. The van der Waals surface area contributed by atoms with Crippen molar-refractivity contribution >= 4 is 38.1 Å². The Labute approximate surface area is 173 Å². The van der Waals surface area contributed by atoms with Crippen molar-refractivity contribution in [1.29, 1.82) is 0 Å². The molecule has 0 saturated heterocycles. The summed E-state index contributed by atoms with van der Waals surface area (Å²) in [6.45, 7) is 5.61. The topological polar surface area (TPSA) is 112 Å². The van der Waals surface area contributed by atoms with E-state index in [0.717, 1.165) is 11.3 Å². The highest BCUT2D eigenvalue weighted by atomic mass is 32.2. The van der Waals surface area contributed by atoms with Crippen molar-refractivity contribution in [2.75, 3.05) is 17.7 Å².